The van der Waals surface area contributed by atoms with Gasteiger partial charge in [0.1, 0.15) is 23.1 Å². The molecular formula is C22H21ClFNO5S. The number of ether oxygens (including phenoxy) is 3. The molecule has 0 saturated carbocycles. The first kappa shape index (κ1) is 22.7. The Morgan fingerprint density at radius 2 is 1.55 bits per heavy atom. The molecule has 3 aromatic carbocycles. The minimum absolute atomic E-state index is 0.00867. The number of hydrogen-bond donors (Lipinski definition) is 0. The Bertz CT molecular complexity index is 1150. The van der Waals surface area contributed by atoms with Crippen LogP contribution in [-0.2, 0) is 16.6 Å². The van der Waals surface area contributed by atoms with Crippen molar-refractivity contribution >= 4 is 27.3 Å². The van der Waals surface area contributed by atoms with Crippen LogP contribution in [0.4, 0.5) is 10.1 Å². The van der Waals surface area contributed by atoms with Gasteiger partial charge in [0.05, 0.1) is 38.5 Å². The van der Waals surface area contributed by atoms with Gasteiger partial charge in [-0.05, 0) is 48.5 Å². The molecule has 9 heteroatoms. The third-order valence-electron chi connectivity index (χ3n) is 4.67. The molecule has 0 aliphatic rings. The van der Waals surface area contributed by atoms with Gasteiger partial charge in [0.2, 0.25) is 0 Å². The second-order valence-electron chi connectivity index (χ2n) is 6.43. The normalized spacial score (nSPS) is 11.1. The van der Waals surface area contributed by atoms with Crippen molar-refractivity contribution < 1.29 is 27.0 Å². The average molecular weight is 466 g/mol. The largest absolute Gasteiger partial charge is 0.497 e. The van der Waals surface area contributed by atoms with E-state index in [1.54, 1.807) is 12.1 Å². The molecule has 0 unspecified atom stereocenters. The topological polar surface area (TPSA) is 65.1 Å². The predicted octanol–water partition coefficient (Wildman–Crippen LogP) is 4.90. The monoisotopic (exact) mass is 465 g/mol. The SMILES string of the molecule is COc1ccc(S(=O)(=O)N(Cc2c(F)cccc2Cl)c2cc(OC)ccc2OC)cc1. The Morgan fingerprint density at radius 3 is 2.13 bits per heavy atom. The van der Waals surface area contributed by atoms with E-state index in [1.165, 1.54) is 69.9 Å². The molecule has 3 aromatic rings. The molecule has 0 bridgehead atoms. The van der Waals surface area contributed by atoms with Crippen molar-refractivity contribution in [3.05, 3.63) is 77.1 Å². The molecule has 0 atom stereocenters. The number of halogens is 2. The van der Waals surface area contributed by atoms with Crippen LogP contribution < -0.4 is 18.5 Å². The molecule has 0 N–H and O–H groups in total. The first-order chi connectivity index (χ1) is 14.8. The molecule has 6 nitrogen and oxygen atoms in total. The third-order valence-corrected chi connectivity index (χ3v) is 6.79. The molecule has 0 aliphatic heterocycles. The molecule has 0 saturated heterocycles. The van der Waals surface area contributed by atoms with Crippen LogP contribution in [0.2, 0.25) is 5.02 Å². The van der Waals surface area contributed by atoms with E-state index < -0.39 is 15.8 Å². The summed E-state index contributed by atoms with van der Waals surface area (Å²) in [5.41, 5.74) is 0.211. The van der Waals surface area contributed by atoms with Gasteiger partial charge < -0.3 is 14.2 Å². The lowest BCUT2D eigenvalue weighted by Crippen LogP contribution is -2.31. The molecule has 0 heterocycles. The molecule has 31 heavy (non-hydrogen) atoms. The van der Waals surface area contributed by atoms with E-state index in [-0.39, 0.29) is 33.5 Å². The van der Waals surface area contributed by atoms with Crippen LogP contribution in [-0.4, -0.2) is 29.7 Å². The Kier molecular flexibility index (Phi) is 6.92. The summed E-state index contributed by atoms with van der Waals surface area (Å²) in [6.07, 6.45) is 0. The second kappa shape index (κ2) is 9.45. The number of hydrogen-bond acceptors (Lipinski definition) is 5. The van der Waals surface area contributed by atoms with Crippen molar-refractivity contribution in [3.8, 4) is 17.2 Å². The number of anilines is 1. The molecule has 0 fully saturated rings. The molecule has 0 spiro atoms. The van der Waals surface area contributed by atoms with Crippen molar-refractivity contribution in [2.75, 3.05) is 25.6 Å². The van der Waals surface area contributed by atoms with Crippen LogP contribution in [0, 0.1) is 5.82 Å². The van der Waals surface area contributed by atoms with E-state index in [2.05, 4.69) is 0 Å². The second-order valence-corrected chi connectivity index (χ2v) is 8.69. The molecule has 0 aliphatic carbocycles. The van der Waals surface area contributed by atoms with Crippen molar-refractivity contribution in [2.24, 2.45) is 0 Å². The van der Waals surface area contributed by atoms with Gasteiger partial charge in [-0.15, -0.1) is 0 Å². The summed E-state index contributed by atoms with van der Waals surface area (Å²) in [4.78, 5) is -0.00867. The molecule has 0 amide bonds. The van der Waals surface area contributed by atoms with Crippen molar-refractivity contribution in [3.63, 3.8) is 0 Å². The van der Waals surface area contributed by atoms with Gasteiger partial charge in [-0.2, -0.15) is 0 Å². The lowest BCUT2D eigenvalue weighted by Gasteiger charge is -2.27. The average Bonchev–Trinajstić information content (AvgIpc) is 2.78. The number of methoxy groups -OCH3 is 3. The molecule has 3 rings (SSSR count). The smallest absolute Gasteiger partial charge is 0.264 e. The maximum atomic E-state index is 14.6. The van der Waals surface area contributed by atoms with Gasteiger partial charge in [-0.3, -0.25) is 4.31 Å². The van der Waals surface area contributed by atoms with Gasteiger partial charge in [0.25, 0.3) is 10.0 Å². The highest BCUT2D eigenvalue weighted by atomic mass is 35.5. The highest BCUT2D eigenvalue weighted by Gasteiger charge is 2.29. The maximum Gasteiger partial charge on any atom is 0.264 e. The minimum atomic E-state index is -4.15. The number of nitrogens with zero attached hydrogens (tertiary/aromatic N) is 1. The fourth-order valence-electron chi connectivity index (χ4n) is 2.99. The summed E-state index contributed by atoms with van der Waals surface area (Å²) in [5, 5.41) is 0.108. The highest BCUT2D eigenvalue weighted by Crippen LogP contribution is 2.38. The summed E-state index contributed by atoms with van der Waals surface area (Å²) in [5.74, 6) is 0.557. The summed E-state index contributed by atoms with van der Waals surface area (Å²) < 4.78 is 58.7. The summed E-state index contributed by atoms with van der Waals surface area (Å²) >= 11 is 6.19. The van der Waals surface area contributed by atoms with Crippen molar-refractivity contribution in [1.82, 2.24) is 0 Å². The van der Waals surface area contributed by atoms with Crippen LogP contribution in [0.5, 0.6) is 17.2 Å². The first-order valence-corrected chi connectivity index (χ1v) is 10.9. The summed E-state index contributed by atoms with van der Waals surface area (Å²) in [6.45, 7) is -0.358. The zero-order valence-corrected chi connectivity index (χ0v) is 18.7. The highest BCUT2D eigenvalue weighted by molar-refractivity contribution is 7.92. The van der Waals surface area contributed by atoms with Crippen LogP contribution in [0.15, 0.2) is 65.6 Å². The van der Waals surface area contributed by atoms with E-state index in [0.29, 0.717) is 11.5 Å². The quantitative estimate of drug-likeness (QED) is 0.473. The Balaban J connectivity index is 2.21. The molecule has 0 aromatic heterocycles. The number of rotatable bonds is 8. The summed E-state index contributed by atoms with van der Waals surface area (Å²) in [6, 6.07) is 14.8. The van der Waals surface area contributed by atoms with Crippen LogP contribution in [0.1, 0.15) is 5.56 Å². The lowest BCUT2D eigenvalue weighted by atomic mass is 10.2. The first-order valence-electron chi connectivity index (χ1n) is 9.13. The number of benzene rings is 3. The zero-order valence-electron chi connectivity index (χ0n) is 17.1. The summed E-state index contributed by atoms with van der Waals surface area (Å²) in [7, 11) is 0.208. The van der Waals surface area contributed by atoms with Gasteiger partial charge in [0, 0.05) is 16.7 Å². The van der Waals surface area contributed by atoms with Crippen LogP contribution in [0.25, 0.3) is 0 Å². The van der Waals surface area contributed by atoms with Gasteiger partial charge in [0.15, 0.2) is 0 Å². The zero-order chi connectivity index (χ0) is 22.6. The van der Waals surface area contributed by atoms with E-state index in [9.17, 15) is 12.8 Å². The molecule has 0 radical (unpaired) electrons. The third kappa shape index (κ3) is 4.70. The van der Waals surface area contributed by atoms with Gasteiger partial charge in [-0.25, -0.2) is 12.8 Å². The Labute approximate surface area is 185 Å². The standard InChI is InChI=1S/C22H21ClFNO5S/c1-28-15-7-10-17(11-8-15)31(26,27)25(14-18-19(23)5-4-6-20(18)24)21-13-16(29-2)9-12-22(21)30-3/h4-13H,14H2,1-3H3. The van der Waals surface area contributed by atoms with Crippen LogP contribution >= 0.6 is 11.6 Å². The number of sulfonamides is 1. The van der Waals surface area contributed by atoms with E-state index in [0.717, 1.165) is 4.31 Å². The van der Waals surface area contributed by atoms with E-state index >= 15 is 0 Å². The molecular weight excluding hydrogens is 445 g/mol. The van der Waals surface area contributed by atoms with Crippen molar-refractivity contribution in [1.29, 1.82) is 0 Å². The molecule has 164 valence electrons. The minimum Gasteiger partial charge on any atom is -0.497 e. The Hall–Kier alpha value is -2.97. The van der Waals surface area contributed by atoms with Gasteiger partial charge in [-0.1, -0.05) is 17.7 Å². The fraction of sp³-hybridized carbons (Fsp3) is 0.182. The predicted molar refractivity (Wildman–Crippen MR) is 117 cm³/mol. The maximum absolute atomic E-state index is 14.6. The lowest BCUT2D eigenvalue weighted by molar-refractivity contribution is 0.403. The van der Waals surface area contributed by atoms with Crippen LogP contribution in [0.3, 0.4) is 0 Å². The van der Waals surface area contributed by atoms with Gasteiger partial charge >= 0.3 is 0 Å². The van der Waals surface area contributed by atoms with Crippen molar-refractivity contribution in [2.45, 2.75) is 11.4 Å². The van der Waals surface area contributed by atoms with E-state index in [1.807, 2.05) is 0 Å². The van der Waals surface area contributed by atoms with E-state index in [4.69, 9.17) is 25.8 Å². The fourth-order valence-corrected chi connectivity index (χ4v) is 4.65. The Morgan fingerprint density at radius 1 is 0.903 bits per heavy atom.